The number of aryl methyl sites for hydroxylation is 1. The van der Waals surface area contributed by atoms with Gasteiger partial charge in [0.15, 0.2) is 0 Å². The lowest BCUT2D eigenvalue weighted by Crippen LogP contribution is -2.17. The summed E-state index contributed by atoms with van der Waals surface area (Å²) in [5.74, 6) is 0.987. The van der Waals surface area contributed by atoms with Crippen LogP contribution in [0.3, 0.4) is 0 Å². The molecule has 1 heterocycles. The number of rotatable bonds is 3. The summed E-state index contributed by atoms with van der Waals surface area (Å²) < 4.78 is 0. The van der Waals surface area contributed by atoms with Crippen molar-refractivity contribution in [2.75, 3.05) is 0 Å². The lowest BCUT2D eigenvalue weighted by molar-refractivity contribution is 0.452. The largest absolute Gasteiger partial charge is 0.507 e. The van der Waals surface area contributed by atoms with E-state index in [1.165, 1.54) is 12.8 Å². The van der Waals surface area contributed by atoms with E-state index in [0.717, 1.165) is 17.7 Å². The Morgan fingerprint density at radius 2 is 2.06 bits per heavy atom. The summed E-state index contributed by atoms with van der Waals surface area (Å²) in [6, 6.07) is 0. The third kappa shape index (κ3) is 1.99. The van der Waals surface area contributed by atoms with E-state index in [2.05, 4.69) is 4.98 Å². The molecule has 88 valence electrons. The van der Waals surface area contributed by atoms with Gasteiger partial charge in [-0.2, -0.15) is 0 Å². The van der Waals surface area contributed by atoms with Gasteiger partial charge in [-0.05, 0) is 38.0 Å². The number of aromatic amines is 1. The number of nitrogens with one attached hydrogen (secondary N) is 1. The molecule has 1 aliphatic rings. The van der Waals surface area contributed by atoms with Gasteiger partial charge in [-0.3, -0.25) is 4.79 Å². The van der Waals surface area contributed by atoms with Gasteiger partial charge in [0.2, 0.25) is 0 Å². The Bertz CT molecular complexity index is 456. The van der Waals surface area contributed by atoms with Gasteiger partial charge in [-0.15, -0.1) is 0 Å². The van der Waals surface area contributed by atoms with Gasteiger partial charge in [-0.1, -0.05) is 13.8 Å². The van der Waals surface area contributed by atoms with Gasteiger partial charge in [-0.25, -0.2) is 0 Å². The molecule has 0 spiro atoms. The van der Waals surface area contributed by atoms with Crippen LogP contribution in [-0.2, 0) is 6.42 Å². The van der Waals surface area contributed by atoms with E-state index in [4.69, 9.17) is 0 Å². The van der Waals surface area contributed by atoms with Gasteiger partial charge < -0.3 is 10.1 Å². The molecule has 3 nitrogen and oxygen atoms in total. The summed E-state index contributed by atoms with van der Waals surface area (Å²) >= 11 is 0. The SMILES string of the molecule is Cc1[nH]c(=O)c(C(C)C)c(O)c1CC1CC1. The van der Waals surface area contributed by atoms with Crippen LogP contribution >= 0.6 is 0 Å². The summed E-state index contributed by atoms with van der Waals surface area (Å²) in [7, 11) is 0. The Morgan fingerprint density at radius 3 is 2.56 bits per heavy atom. The lowest BCUT2D eigenvalue weighted by atomic mass is 9.97. The van der Waals surface area contributed by atoms with Crippen molar-refractivity contribution in [1.29, 1.82) is 0 Å². The minimum Gasteiger partial charge on any atom is -0.507 e. The Balaban J connectivity index is 2.50. The van der Waals surface area contributed by atoms with Crippen LogP contribution in [-0.4, -0.2) is 10.1 Å². The van der Waals surface area contributed by atoms with Crippen LogP contribution < -0.4 is 5.56 Å². The first-order chi connectivity index (χ1) is 7.50. The molecule has 1 saturated carbocycles. The Labute approximate surface area is 95.5 Å². The predicted molar refractivity (Wildman–Crippen MR) is 64.0 cm³/mol. The zero-order valence-corrected chi connectivity index (χ0v) is 10.1. The number of hydrogen-bond donors (Lipinski definition) is 2. The molecule has 0 bridgehead atoms. The van der Waals surface area contributed by atoms with Crippen molar-refractivity contribution >= 4 is 0 Å². The quantitative estimate of drug-likeness (QED) is 0.823. The minimum absolute atomic E-state index is 0.0577. The highest BCUT2D eigenvalue weighted by molar-refractivity contribution is 5.43. The molecule has 0 amide bonds. The molecule has 1 fully saturated rings. The highest BCUT2D eigenvalue weighted by Crippen LogP contribution is 2.37. The van der Waals surface area contributed by atoms with Gasteiger partial charge in [0, 0.05) is 11.3 Å². The van der Waals surface area contributed by atoms with Gasteiger partial charge >= 0.3 is 0 Å². The van der Waals surface area contributed by atoms with E-state index in [1.807, 2.05) is 20.8 Å². The van der Waals surface area contributed by atoms with E-state index >= 15 is 0 Å². The highest BCUT2D eigenvalue weighted by atomic mass is 16.3. The van der Waals surface area contributed by atoms with Gasteiger partial charge in [0.25, 0.3) is 5.56 Å². The lowest BCUT2D eigenvalue weighted by Gasteiger charge is -2.13. The topological polar surface area (TPSA) is 53.1 Å². The van der Waals surface area contributed by atoms with Crippen molar-refractivity contribution in [2.45, 2.75) is 46.0 Å². The summed E-state index contributed by atoms with van der Waals surface area (Å²) in [6.07, 6.45) is 3.39. The Hall–Kier alpha value is -1.25. The maximum Gasteiger partial charge on any atom is 0.255 e. The minimum atomic E-state index is -0.149. The first-order valence-electron chi connectivity index (χ1n) is 5.95. The molecule has 0 radical (unpaired) electrons. The van der Waals surface area contributed by atoms with Crippen LogP contribution in [0.2, 0.25) is 0 Å². The molecule has 1 aromatic heterocycles. The molecular weight excluding hydrogens is 202 g/mol. The molecule has 1 aliphatic carbocycles. The number of aromatic nitrogens is 1. The zero-order valence-electron chi connectivity index (χ0n) is 10.1. The van der Waals surface area contributed by atoms with Crippen LogP contribution in [0.25, 0.3) is 0 Å². The summed E-state index contributed by atoms with van der Waals surface area (Å²) in [5, 5.41) is 10.2. The molecule has 1 aromatic rings. The molecule has 16 heavy (non-hydrogen) atoms. The standard InChI is InChI=1S/C13H19NO2/c1-7(2)11-12(15)10(6-9-4-5-9)8(3)14-13(11)16/h7,9H,4-6H2,1-3H3,(H2,14,15,16). The molecule has 0 aliphatic heterocycles. The predicted octanol–water partition coefficient (Wildman–Crippen LogP) is 2.46. The second kappa shape index (κ2) is 3.96. The number of aromatic hydroxyl groups is 1. The first kappa shape index (κ1) is 11.2. The van der Waals surface area contributed by atoms with Crippen molar-refractivity contribution in [2.24, 2.45) is 5.92 Å². The third-order valence-corrected chi connectivity index (χ3v) is 3.31. The first-order valence-corrected chi connectivity index (χ1v) is 5.95. The molecular formula is C13H19NO2. The molecule has 0 atom stereocenters. The van der Waals surface area contributed by atoms with Crippen molar-refractivity contribution in [3.63, 3.8) is 0 Å². The van der Waals surface area contributed by atoms with Crippen molar-refractivity contribution in [1.82, 2.24) is 4.98 Å². The highest BCUT2D eigenvalue weighted by Gasteiger charge is 2.26. The average Bonchev–Trinajstić information content (AvgIpc) is 2.94. The second-order valence-corrected chi connectivity index (χ2v) is 5.12. The number of H-pyrrole nitrogens is 1. The third-order valence-electron chi connectivity index (χ3n) is 3.31. The second-order valence-electron chi connectivity index (χ2n) is 5.12. The van der Waals surface area contributed by atoms with Crippen LogP contribution in [0.15, 0.2) is 4.79 Å². The molecule has 2 N–H and O–H groups in total. The normalized spacial score (nSPS) is 15.8. The maximum atomic E-state index is 11.7. The van der Waals surface area contributed by atoms with E-state index in [9.17, 15) is 9.90 Å². The van der Waals surface area contributed by atoms with Gasteiger partial charge in [0.05, 0.1) is 5.56 Å². The monoisotopic (exact) mass is 221 g/mol. The van der Waals surface area contributed by atoms with Crippen LogP contribution in [0.4, 0.5) is 0 Å². The summed E-state index contributed by atoms with van der Waals surface area (Å²) in [4.78, 5) is 14.6. The van der Waals surface area contributed by atoms with E-state index in [-0.39, 0.29) is 17.2 Å². The maximum absolute atomic E-state index is 11.7. The summed E-state index contributed by atoms with van der Waals surface area (Å²) in [6.45, 7) is 5.73. The number of pyridine rings is 1. The van der Waals surface area contributed by atoms with Crippen molar-refractivity contribution in [3.05, 3.63) is 27.2 Å². The molecule has 2 rings (SSSR count). The molecule has 0 aromatic carbocycles. The smallest absolute Gasteiger partial charge is 0.255 e. The fraction of sp³-hybridized carbons (Fsp3) is 0.615. The van der Waals surface area contributed by atoms with Gasteiger partial charge in [0.1, 0.15) is 5.75 Å². The van der Waals surface area contributed by atoms with Crippen LogP contribution in [0.1, 0.15) is 49.4 Å². The van der Waals surface area contributed by atoms with Crippen molar-refractivity contribution in [3.8, 4) is 5.75 Å². The fourth-order valence-corrected chi connectivity index (χ4v) is 2.16. The van der Waals surface area contributed by atoms with E-state index < -0.39 is 0 Å². The van der Waals surface area contributed by atoms with Crippen LogP contribution in [0.5, 0.6) is 5.75 Å². The van der Waals surface area contributed by atoms with E-state index in [0.29, 0.717) is 11.5 Å². The van der Waals surface area contributed by atoms with Crippen LogP contribution in [0, 0.1) is 12.8 Å². The summed E-state index contributed by atoms with van der Waals surface area (Å²) in [5.41, 5.74) is 2.13. The van der Waals surface area contributed by atoms with Crippen molar-refractivity contribution < 1.29 is 5.11 Å². The average molecular weight is 221 g/mol. The Kier molecular flexibility index (Phi) is 2.78. The molecule has 3 heteroatoms. The number of hydrogen-bond acceptors (Lipinski definition) is 2. The molecule has 0 unspecified atom stereocenters. The van der Waals surface area contributed by atoms with E-state index in [1.54, 1.807) is 0 Å². The fourth-order valence-electron chi connectivity index (χ4n) is 2.16. The molecule has 0 saturated heterocycles. The Morgan fingerprint density at radius 1 is 1.44 bits per heavy atom. The zero-order chi connectivity index (χ0) is 11.9.